The quantitative estimate of drug-likeness (QED) is 0.385. The van der Waals surface area contributed by atoms with Crippen molar-refractivity contribution in [3.8, 4) is 0 Å². The number of rotatable bonds is 7. The highest BCUT2D eigenvalue weighted by Gasteiger charge is 2.34. The first-order valence-corrected chi connectivity index (χ1v) is 9.92. The lowest BCUT2D eigenvalue weighted by molar-refractivity contribution is -0.161. The van der Waals surface area contributed by atoms with E-state index in [1.165, 1.54) is 19.3 Å². The number of aliphatic imine (C=N–C) groups is 1. The third kappa shape index (κ3) is 6.49. The Morgan fingerprint density at radius 3 is 2.07 bits per heavy atom. The Bertz CT molecular complexity index is 638. The van der Waals surface area contributed by atoms with Crippen molar-refractivity contribution in [1.82, 2.24) is 0 Å². The predicted octanol–water partition coefficient (Wildman–Crippen LogP) is 4.96. The van der Waals surface area contributed by atoms with Gasteiger partial charge in [-0.05, 0) is 52.5 Å². The summed E-state index contributed by atoms with van der Waals surface area (Å²) in [5, 5.41) is 0. The molecule has 0 aliphatic heterocycles. The van der Waals surface area contributed by atoms with Gasteiger partial charge in [0.2, 0.25) is 0 Å². The van der Waals surface area contributed by atoms with Crippen molar-refractivity contribution in [2.24, 2.45) is 10.9 Å². The van der Waals surface area contributed by atoms with E-state index in [1.54, 1.807) is 39.8 Å². The number of para-hydroxylation sites is 1. The topological polar surface area (TPSA) is 65.0 Å². The van der Waals surface area contributed by atoms with E-state index in [0.717, 1.165) is 12.8 Å². The fourth-order valence-electron chi connectivity index (χ4n) is 3.27. The van der Waals surface area contributed by atoms with Crippen molar-refractivity contribution in [3.63, 3.8) is 0 Å². The molecule has 1 fully saturated rings. The highest BCUT2D eigenvalue weighted by molar-refractivity contribution is 6.02. The van der Waals surface area contributed by atoms with Crippen LogP contribution in [0.4, 0.5) is 5.69 Å². The Kier molecular flexibility index (Phi) is 8.01. The molecule has 0 saturated heterocycles. The normalized spacial score (nSPS) is 15.7. The monoisotopic (exact) mass is 373 g/mol. The Morgan fingerprint density at radius 1 is 0.963 bits per heavy atom. The van der Waals surface area contributed by atoms with Gasteiger partial charge in [0, 0.05) is 11.8 Å². The smallest absolute Gasteiger partial charge is 0.325 e. The van der Waals surface area contributed by atoms with E-state index < -0.39 is 17.9 Å². The molecule has 1 aromatic rings. The van der Waals surface area contributed by atoms with Crippen LogP contribution in [-0.4, -0.2) is 30.4 Å². The van der Waals surface area contributed by atoms with E-state index in [1.807, 2.05) is 18.3 Å². The van der Waals surface area contributed by atoms with E-state index in [2.05, 4.69) is 4.99 Å². The van der Waals surface area contributed by atoms with Crippen molar-refractivity contribution in [2.45, 2.75) is 77.9 Å². The first-order chi connectivity index (χ1) is 12.9. The van der Waals surface area contributed by atoms with Crippen molar-refractivity contribution >= 4 is 23.8 Å². The minimum Gasteiger partial charge on any atom is -0.462 e. The number of esters is 2. The van der Waals surface area contributed by atoms with Crippen LogP contribution in [0.3, 0.4) is 0 Å². The minimum atomic E-state index is -1.13. The van der Waals surface area contributed by atoms with Crippen molar-refractivity contribution < 1.29 is 19.1 Å². The molecule has 0 radical (unpaired) electrons. The van der Waals surface area contributed by atoms with Gasteiger partial charge in [-0.3, -0.25) is 14.6 Å². The highest BCUT2D eigenvalue weighted by atomic mass is 16.6. The molecule has 1 aromatic carbocycles. The van der Waals surface area contributed by atoms with Crippen LogP contribution < -0.4 is 0 Å². The number of hydrogen-bond donors (Lipinski definition) is 0. The second-order valence-corrected chi connectivity index (χ2v) is 7.64. The molecule has 5 nitrogen and oxygen atoms in total. The summed E-state index contributed by atoms with van der Waals surface area (Å²) in [7, 11) is 0. The lowest BCUT2D eigenvalue weighted by Crippen LogP contribution is -2.29. The number of carbonyl (C=O) groups is 2. The second kappa shape index (κ2) is 10.2. The molecule has 2 rings (SSSR count). The van der Waals surface area contributed by atoms with Crippen LogP contribution in [0.1, 0.15) is 71.3 Å². The minimum absolute atomic E-state index is 0.315. The van der Waals surface area contributed by atoms with Crippen molar-refractivity contribution in [2.75, 3.05) is 0 Å². The summed E-state index contributed by atoms with van der Waals surface area (Å²) in [6.45, 7) is 7.04. The molecule has 0 heterocycles. The maximum Gasteiger partial charge on any atom is 0.325 e. The van der Waals surface area contributed by atoms with Crippen LogP contribution >= 0.6 is 0 Å². The molecular weight excluding hydrogens is 342 g/mol. The summed E-state index contributed by atoms with van der Waals surface area (Å²) >= 11 is 0. The van der Waals surface area contributed by atoms with Gasteiger partial charge in [-0.25, -0.2) is 0 Å². The summed E-state index contributed by atoms with van der Waals surface area (Å²) in [6, 6.07) is 7.23. The molecule has 27 heavy (non-hydrogen) atoms. The van der Waals surface area contributed by atoms with E-state index in [4.69, 9.17) is 9.47 Å². The van der Waals surface area contributed by atoms with E-state index in [-0.39, 0.29) is 12.2 Å². The maximum atomic E-state index is 12.7. The zero-order chi connectivity index (χ0) is 19.8. The number of ether oxygens (including phenoxy) is 2. The molecule has 1 aliphatic carbocycles. The van der Waals surface area contributed by atoms with Gasteiger partial charge in [-0.1, -0.05) is 37.5 Å². The molecule has 0 aromatic heterocycles. The summed E-state index contributed by atoms with van der Waals surface area (Å²) in [6.07, 6.45) is 7.35. The lowest BCUT2D eigenvalue weighted by Gasteiger charge is -2.20. The molecule has 0 unspecified atom stereocenters. The summed E-state index contributed by atoms with van der Waals surface area (Å²) in [5.41, 5.74) is 1.15. The first-order valence-electron chi connectivity index (χ1n) is 9.92. The highest BCUT2D eigenvalue weighted by Crippen LogP contribution is 2.31. The van der Waals surface area contributed by atoms with Crippen LogP contribution in [0.5, 0.6) is 0 Å². The van der Waals surface area contributed by atoms with Gasteiger partial charge in [0.25, 0.3) is 0 Å². The molecule has 0 atom stereocenters. The predicted molar refractivity (Wildman–Crippen MR) is 106 cm³/mol. The van der Waals surface area contributed by atoms with Crippen molar-refractivity contribution in [1.29, 1.82) is 0 Å². The standard InChI is InChI=1S/C22H31NO4/c1-15(2)26-21(24)20(22(25)27-16(3)4)18-12-8-9-13-19(18)23-14-17-10-6-5-7-11-17/h8-9,12-17,20H,5-7,10-11H2,1-4H3. The van der Waals surface area contributed by atoms with Crippen molar-refractivity contribution in [3.05, 3.63) is 29.8 Å². The zero-order valence-electron chi connectivity index (χ0n) is 16.8. The molecule has 5 heteroatoms. The average Bonchev–Trinajstić information content (AvgIpc) is 2.60. The Balaban J connectivity index is 2.32. The maximum absolute atomic E-state index is 12.7. The molecule has 148 valence electrons. The molecule has 1 aliphatic rings. The third-order valence-electron chi connectivity index (χ3n) is 4.50. The molecule has 0 amide bonds. The molecular formula is C22H31NO4. The van der Waals surface area contributed by atoms with E-state index in [9.17, 15) is 9.59 Å². The summed E-state index contributed by atoms with van der Waals surface area (Å²) in [5.74, 6) is -1.88. The van der Waals surface area contributed by atoms with Gasteiger partial charge in [0.05, 0.1) is 17.9 Å². The lowest BCUT2D eigenvalue weighted by atomic mass is 9.90. The number of hydrogen-bond acceptors (Lipinski definition) is 5. The summed E-state index contributed by atoms with van der Waals surface area (Å²) < 4.78 is 10.7. The number of carbonyl (C=O) groups excluding carboxylic acids is 2. The largest absolute Gasteiger partial charge is 0.462 e. The van der Waals surface area contributed by atoms with Crippen LogP contribution in [0.25, 0.3) is 0 Å². The number of benzene rings is 1. The van der Waals surface area contributed by atoms with E-state index in [0.29, 0.717) is 17.2 Å². The van der Waals surface area contributed by atoms with Crippen LogP contribution in [0.15, 0.2) is 29.3 Å². The Morgan fingerprint density at radius 2 is 1.52 bits per heavy atom. The first kappa shape index (κ1) is 21.1. The van der Waals surface area contributed by atoms with E-state index >= 15 is 0 Å². The summed E-state index contributed by atoms with van der Waals surface area (Å²) in [4.78, 5) is 30.0. The van der Waals surface area contributed by atoms with Gasteiger partial charge in [-0.15, -0.1) is 0 Å². The van der Waals surface area contributed by atoms with Gasteiger partial charge in [0.15, 0.2) is 5.92 Å². The van der Waals surface area contributed by atoms with Gasteiger partial charge < -0.3 is 9.47 Å². The molecule has 0 bridgehead atoms. The van der Waals surface area contributed by atoms with Gasteiger partial charge in [0.1, 0.15) is 0 Å². The fraction of sp³-hybridized carbons (Fsp3) is 0.591. The molecule has 0 N–H and O–H groups in total. The third-order valence-corrected chi connectivity index (χ3v) is 4.50. The zero-order valence-corrected chi connectivity index (χ0v) is 16.8. The van der Waals surface area contributed by atoms with Crippen LogP contribution in [0.2, 0.25) is 0 Å². The molecule has 1 saturated carbocycles. The number of nitrogens with zero attached hydrogens (tertiary/aromatic N) is 1. The Hall–Kier alpha value is -2.17. The Labute approximate surface area is 162 Å². The fourth-order valence-corrected chi connectivity index (χ4v) is 3.27. The van der Waals surface area contributed by atoms with Gasteiger partial charge >= 0.3 is 11.9 Å². The second-order valence-electron chi connectivity index (χ2n) is 7.64. The van der Waals surface area contributed by atoms with Crippen LogP contribution in [0, 0.1) is 5.92 Å². The van der Waals surface area contributed by atoms with Crippen LogP contribution in [-0.2, 0) is 19.1 Å². The molecule has 0 spiro atoms. The average molecular weight is 373 g/mol. The van der Waals surface area contributed by atoms with Gasteiger partial charge in [-0.2, -0.15) is 0 Å². The SMILES string of the molecule is CC(C)OC(=O)C(C(=O)OC(C)C)c1ccccc1N=CC1CCCCC1.